The Balaban J connectivity index is 2.58. The number of aromatic nitrogens is 1. The molecule has 0 radical (unpaired) electrons. The lowest BCUT2D eigenvalue weighted by molar-refractivity contribution is 0.0913. The number of carbonyl (C=O) groups is 1. The van der Waals surface area contributed by atoms with Gasteiger partial charge in [0.15, 0.2) is 0 Å². The van der Waals surface area contributed by atoms with Gasteiger partial charge in [-0.3, -0.25) is 9.78 Å². The summed E-state index contributed by atoms with van der Waals surface area (Å²) < 4.78 is 0. The van der Waals surface area contributed by atoms with Crippen molar-refractivity contribution in [3.05, 3.63) is 29.0 Å². The quantitative estimate of drug-likeness (QED) is 0.815. The lowest BCUT2D eigenvalue weighted by Gasteiger charge is -2.09. The van der Waals surface area contributed by atoms with Gasteiger partial charge >= 0.3 is 0 Å². The number of pyridine rings is 1. The summed E-state index contributed by atoms with van der Waals surface area (Å²) in [5.41, 5.74) is 0.322. The fourth-order valence-electron chi connectivity index (χ4n) is 0.995. The lowest BCUT2D eigenvalue weighted by Crippen LogP contribution is -2.31. The van der Waals surface area contributed by atoms with E-state index in [1.807, 2.05) is 6.92 Å². The second-order valence-electron chi connectivity index (χ2n) is 3.13. The maximum Gasteiger partial charge on any atom is 0.254 e. The maximum atomic E-state index is 11.5. The Labute approximate surface area is 93.3 Å². The Morgan fingerprint density at radius 2 is 2.47 bits per heavy atom. The van der Waals surface area contributed by atoms with E-state index in [1.54, 1.807) is 6.07 Å². The molecule has 0 spiro atoms. The number of nitrogens with zero attached hydrogens (tertiary/aromatic N) is 1. The molecule has 2 N–H and O–H groups in total. The first-order valence-corrected chi connectivity index (χ1v) is 5.08. The molecule has 0 fully saturated rings. The van der Waals surface area contributed by atoms with Crippen LogP contribution in [0.15, 0.2) is 18.5 Å². The van der Waals surface area contributed by atoms with Gasteiger partial charge in [0.2, 0.25) is 0 Å². The second-order valence-corrected chi connectivity index (χ2v) is 3.53. The van der Waals surface area contributed by atoms with Gasteiger partial charge in [-0.05, 0) is 12.5 Å². The molecule has 1 unspecified atom stereocenters. The molecule has 0 aliphatic heterocycles. The fourth-order valence-corrected chi connectivity index (χ4v) is 1.19. The highest BCUT2D eigenvalue weighted by molar-refractivity contribution is 6.33. The molecular formula is C10H13ClN2O2. The van der Waals surface area contributed by atoms with Crippen LogP contribution in [0.1, 0.15) is 23.7 Å². The summed E-state index contributed by atoms with van der Waals surface area (Å²) in [7, 11) is 0. The molecule has 0 saturated carbocycles. The van der Waals surface area contributed by atoms with Crippen molar-refractivity contribution in [1.29, 1.82) is 0 Å². The van der Waals surface area contributed by atoms with E-state index in [-0.39, 0.29) is 12.5 Å². The van der Waals surface area contributed by atoms with E-state index in [1.165, 1.54) is 12.4 Å². The van der Waals surface area contributed by atoms with Crippen LogP contribution in [0, 0.1) is 0 Å². The summed E-state index contributed by atoms with van der Waals surface area (Å²) in [5.74, 6) is -0.319. The van der Waals surface area contributed by atoms with E-state index < -0.39 is 6.10 Å². The normalized spacial score (nSPS) is 12.2. The van der Waals surface area contributed by atoms with Crippen LogP contribution in [0.3, 0.4) is 0 Å². The summed E-state index contributed by atoms with van der Waals surface area (Å²) in [5, 5.41) is 12.2. The molecule has 0 aromatic carbocycles. The zero-order valence-electron chi connectivity index (χ0n) is 8.40. The molecule has 1 atom stereocenters. The first kappa shape index (κ1) is 11.9. The van der Waals surface area contributed by atoms with Gasteiger partial charge in [0.05, 0.1) is 16.7 Å². The van der Waals surface area contributed by atoms with Crippen LogP contribution in [-0.4, -0.2) is 28.6 Å². The fraction of sp³-hybridized carbons (Fsp3) is 0.400. The number of aliphatic hydroxyl groups excluding tert-OH is 1. The minimum Gasteiger partial charge on any atom is -0.391 e. The van der Waals surface area contributed by atoms with Gasteiger partial charge in [-0.2, -0.15) is 0 Å². The van der Waals surface area contributed by atoms with Crippen LogP contribution in [-0.2, 0) is 0 Å². The van der Waals surface area contributed by atoms with Crippen molar-refractivity contribution >= 4 is 17.5 Å². The largest absolute Gasteiger partial charge is 0.391 e. The van der Waals surface area contributed by atoms with Crippen LogP contribution < -0.4 is 5.32 Å². The molecular weight excluding hydrogens is 216 g/mol. The standard InChI is InChI=1S/C10H13ClN2O2/c1-2-7(14)5-13-10(15)8-6-12-4-3-9(8)11/h3-4,6-7,14H,2,5H2,1H3,(H,13,15). The van der Waals surface area contributed by atoms with Gasteiger partial charge in [0, 0.05) is 18.9 Å². The van der Waals surface area contributed by atoms with Crippen LogP contribution >= 0.6 is 11.6 Å². The average molecular weight is 229 g/mol. The van der Waals surface area contributed by atoms with Crippen LogP contribution in [0.25, 0.3) is 0 Å². The minimum atomic E-state index is -0.524. The van der Waals surface area contributed by atoms with Crippen LogP contribution in [0.2, 0.25) is 5.02 Å². The Hall–Kier alpha value is -1.13. The van der Waals surface area contributed by atoms with Crippen molar-refractivity contribution < 1.29 is 9.90 Å². The predicted octanol–water partition coefficient (Wildman–Crippen LogP) is 1.24. The molecule has 0 aliphatic rings. The maximum absolute atomic E-state index is 11.5. The number of nitrogens with one attached hydrogen (secondary N) is 1. The molecule has 0 bridgehead atoms. The number of hydrogen-bond donors (Lipinski definition) is 2. The summed E-state index contributed by atoms with van der Waals surface area (Å²) in [6.45, 7) is 2.06. The SMILES string of the molecule is CCC(O)CNC(=O)c1cnccc1Cl. The molecule has 1 aromatic heterocycles. The molecule has 1 aromatic rings. The molecule has 4 nitrogen and oxygen atoms in total. The highest BCUT2D eigenvalue weighted by Crippen LogP contribution is 2.12. The summed E-state index contributed by atoms with van der Waals surface area (Å²) >= 11 is 5.80. The van der Waals surface area contributed by atoms with E-state index >= 15 is 0 Å². The number of carbonyl (C=O) groups excluding carboxylic acids is 1. The van der Waals surface area contributed by atoms with Crippen LogP contribution in [0.5, 0.6) is 0 Å². The van der Waals surface area contributed by atoms with E-state index in [2.05, 4.69) is 10.3 Å². The summed E-state index contributed by atoms with van der Waals surface area (Å²) in [4.78, 5) is 15.3. The smallest absolute Gasteiger partial charge is 0.254 e. The molecule has 82 valence electrons. The number of halogens is 1. The number of rotatable bonds is 4. The molecule has 15 heavy (non-hydrogen) atoms. The average Bonchev–Trinajstić information content (AvgIpc) is 2.26. The van der Waals surface area contributed by atoms with Gasteiger partial charge in [-0.25, -0.2) is 0 Å². The monoisotopic (exact) mass is 228 g/mol. The highest BCUT2D eigenvalue weighted by Gasteiger charge is 2.10. The van der Waals surface area contributed by atoms with E-state index in [4.69, 9.17) is 11.6 Å². The van der Waals surface area contributed by atoms with Crippen molar-refractivity contribution in [3.63, 3.8) is 0 Å². The number of aliphatic hydroxyl groups is 1. The van der Waals surface area contributed by atoms with Gasteiger partial charge < -0.3 is 10.4 Å². The molecule has 1 rings (SSSR count). The van der Waals surface area contributed by atoms with Crippen LogP contribution in [0.4, 0.5) is 0 Å². The first-order chi connectivity index (χ1) is 7.15. The van der Waals surface area contributed by atoms with Crippen molar-refractivity contribution in [2.24, 2.45) is 0 Å². The Kier molecular flexibility index (Phi) is 4.52. The molecule has 1 heterocycles. The third-order valence-corrected chi connectivity index (χ3v) is 2.31. The first-order valence-electron chi connectivity index (χ1n) is 4.71. The van der Waals surface area contributed by atoms with Crippen molar-refractivity contribution in [1.82, 2.24) is 10.3 Å². The Morgan fingerprint density at radius 3 is 3.07 bits per heavy atom. The number of hydrogen-bond acceptors (Lipinski definition) is 3. The summed E-state index contributed by atoms with van der Waals surface area (Å²) in [6, 6.07) is 1.55. The van der Waals surface area contributed by atoms with Gasteiger partial charge in [-0.1, -0.05) is 18.5 Å². The molecule has 0 aliphatic carbocycles. The zero-order valence-corrected chi connectivity index (χ0v) is 9.16. The van der Waals surface area contributed by atoms with Crippen molar-refractivity contribution in [3.8, 4) is 0 Å². The van der Waals surface area contributed by atoms with Crippen molar-refractivity contribution in [2.45, 2.75) is 19.4 Å². The Bertz CT molecular complexity index is 344. The van der Waals surface area contributed by atoms with E-state index in [0.29, 0.717) is 17.0 Å². The Morgan fingerprint density at radius 1 is 1.73 bits per heavy atom. The third-order valence-electron chi connectivity index (χ3n) is 1.98. The molecule has 5 heteroatoms. The third kappa shape index (κ3) is 3.49. The van der Waals surface area contributed by atoms with Gasteiger partial charge in [0.25, 0.3) is 5.91 Å². The predicted molar refractivity (Wildman–Crippen MR) is 57.9 cm³/mol. The molecule has 0 saturated heterocycles. The van der Waals surface area contributed by atoms with Gasteiger partial charge in [-0.15, -0.1) is 0 Å². The zero-order chi connectivity index (χ0) is 11.3. The topological polar surface area (TPSA) is 62.2 Å². The lowest BCUT2D eigenvalue weighted by atomic mass is 10.2. The second kappa shape index (κ2) is 5.68. The summed E-state index contributed by atoms with van der Waals surface area (Å²) in [6.07, 6.45) is 2.99. The van der Waals surface area contributed by atoms with E-state index in [0.717, 1.165) is 0 Å². The van der Waals surface area contributed by atoms with Crippen molar-refractivity contribution in [2.75, 3.05) is 6.54 Å². The van der Waals surface area contributed by atoms with E-state index in [9.17, 15) is 9.90 Å². The van der Waals surface area contributed by atoms with Gasteiger partial charge in [0.1, 0.15) is 0 Å². The highest BCUT2D eigenvalue weighted by atomic mass is 35.5. The number of amides is 1. The minimum absolute atomic E-state index is 0.223. The molecule has 1 amide bonds.